The molecule has 0 bridgehead atoms. The Morgan fingerprint density at radius 1 is 0.275 bits per heavy atom. The average Bonchev–Trinajstić information content (AvgIpc) is 0.841. The third-order valence-corrected chi connectivity index (χ3v) is 49.3. The molecule has 0 radical (unpaired) electrons. The van der Waals surface area contributed by atoms with E-state index in [2.05, 4.69) is 208 Å². The molecule has 1 aliphatic heterocycles. The van der Waals surface area contributed by atoms with Gasteiger partial charge in [0.25, 0.3) is 0 Å². The number of hydrogen-bond donors (Lipinski definition) is 0. The van der Waals surface area contributed by atoms with Crippen molar-refractivity contribution in [1.82, 2.24) is 0 Å². The molecule has 6 saturated carbocycles. The van der Waals surface area contributed by atoms with Gasteiger partial charge in [0.15, 0.2) is 59.0 Å². The van der Waals surface area contributed by atoms with E-state index in [1.807, 2.05) is 12.1 Å². The second-order valence-corrected chi connectivity index (χ2v) is 66.3. The highest BCUT2D eigenvalue weighted by Gasteiger charge is 2.35. The van der Waals surface area contributed by atoms with Crippen LogP contribution in [-0.2, 0) is 114 Å². The van der Waals surface area contributed by atoms with Gasteiger partial charge in [-0.3, -0.25) is 0 Å². The molecule has 0 aromatic heterocycles. The standard InChI is InChI=1S/C24H39NO3S.2C22H36O2S.2C21H34O2S.C18H27ClO2S/c1-18(2)29(26,27)17-23-9-7-21(8-10-23)5-6-22-11-13-24(14-12-22)25-15-19(3)28-20(4)16-25;1-17(2)25(23,24)16-20-10-8-18(9-11-20)6-7-19-12-14-21(15-13-19)22(3,4)5;1-5-18(4)22-14-12-20(13-15-22)7-6-19-8-10-21(11-9-19)16-25(23,24)17(2)3;1-16(2)21-13-11-19(12-14-21)6-5-18-7-9-20(10-8-18)15-24(22,23)17(3)4;1-4-5-18-6-8-19(9-7-18)10-11-20-12-14-21(15-13-20)16-24(22,23)17(2)3;1-14(2)22(20,21)13-17-7-5-15(6-8-17)3-4-16-9-11-18(19)12-10-16/h11-14,18-21,23H,5-10,15-17H2,1-4H3;12-15,17-18,20H,6-11,16H2,1-5H3;12-15,17-19,21H,5-11,16H2,1-4H3;11-14,16-18,20H,5-10,15H2,1-4H3;6-9,17,20-21H,4-5,10-16H2,1-3H3;9-12,14-15,17H,3-8,13H2,1-2H3/t19-,20+,21?,23?;;;;;. The summed E-state index contributed by atoms with van der Waals surface area (Å²) in [7, 11) is -17.3. The molecule has 7 aliphatic rings. The third-order valence-electron chi connectivity index (χ3n) is 34.8. The predicted octanol–water partition coefficient (Wildman–Crippen LogP) is 31.6. The molecule has 21 heteroatoms. The Morgan fingerprint density at radius 2 is 0.470 bits per heavy atom. The quantitative estimate of drug-likeness (QED) is 0.0348. The maximum absolute atomic E-state index is 12.2. The molecule has 14 nitrogen and oxygen atoms in total. The molecule has 0 N–H and O–H groups in total. The number of benzene rings is 6. The minimum absolute atomic E-state index is 0.216. The molecule has 7 fully saturated rings. The Labute approximate surface area is 917 Å². The topological polar surface area (TPSA) is 217 Å². The van der Waals surface area contributed by atoms with Crippen LogP contribution in [0.5, 0.6) is 0 Å². The van der Waals surface area contributed by atoms with Gasteiger partial charge < -0.3 is 9.64 Å². The van der Waals surface area contributed by atoms with E-state index >= 15 is 0 Å². The van der Waals surface area contributed by atoms with Crippen molar-refractivity contribution < 1.29 is 55.2 Å². The summed E-state index contributed by atoms with van der Waals surface area (Å²) in [5, 5.41) is -0.627. The molecule has 1 heterocycles. The first-order valence-electron chi connectivity index (χ1n) is 59.0. The van der Waals surface area contributed by atoms with Gasteiger partial charge in [-0.1, -0.05) is 272 Å². The summed E-state index contributed by atoms with van der Waals surface area (Å²) in [6.45, 7) is 45.7. The summed E-state index contributed by atoms with van der Waals surface area (Å²) >= 11 is 5.90. The summed E-state index contributed by atoms with van der Waals surface area (Å²) in [6, 6.07) is 53.6. The largest absolute Gasteiger partial charge is 0.372 e. The summed E-state index contributed by atoms with van der Waals surface area (Å²) in [5.41, 5.74) is 15.7. The second-order valence-electron chi connectivity index (χ2n) is 50.2. The van der Waals surface area contributed by atoms with E-state index in [0.717, 1.165) is 169 Å². The van der Waals surface area contributed by atoms with Gasteiger partial charge in [0, 0.05) is 23.8 Å². The predicted molar refractivity (Wildman–Crippen MR) is 638 cm³/mol. The number of nitrogens with zero attached hydrogens (tertiary/aromatic N) is 1. The summed E-state index contributed by atoms with van der Waals surface area (Å²) in [6.07, 6.45) is 45.6. The van der Waals surface area contributed by atoms with Crippen molar-refractivity contribution in [3.63, 3.8) is 0 Å². The molecular weight excluding hydrogens is 1990 g/mol. The van der Waals surface area contributed by atoms with Gasteiger partial charge in [-0.2, -0.15) is 0 Å². The van der Waals surface area contributed by atoms with Crippen LogP contribution in [0.1, 0.15) is 425 Å². The van der Waals surface area contributed by atoms with Crippen LogP contribution in [0.4, 0.5) is 5.69 Å². The lowest BCUT2D eigenvalue weighted by Gasteiger charge is -2.37. The van der Waals surface area contributed by atoms with Crippen molar-refractivity contribution in [3.8, 4) is 0 Å². The Bertz CT molecular complexity index is 5470. The zero-order valence-corrected chi connectivity index (χ0v) is 103. The Hall–Kier alpha value is -4.93. The highest BCUT2D eigenvalue weighted by molar-refractivity contribution is 7.93. The smallest absolute Gasteiger partial charge is 0.152 e. The first-order chi connectivity index (χ1) is 70.2. The van der Waals surface area contributed by atoms with E-state index < -0.39 is 59.0 Å². The van der Waals surface area contributed by atoms with E-state index in [9.17, 15) is 50.5 Å². The number of halogens is 1. The number of morpholine rings is 1. The number of rotatable bonds is 42. The SMILES string of the molecule is CC(C)S(=O)(=O)CC1CCC(CCc2ccc(C(C)(C)C)cc2)CC1.CC(C)S(=O)(=O)CC1CCC(CCc2ccc(Cl)cc2)CC1.CC(C)S(=O)(=O)CC1CCC(CCc2ccc(N3C[C@@H](C)O[C@@H](C)C3)cc2)CC1.CC(C)c1ccc(CCC2CCC(CS(=O)(=O)C(C)C)CC2)cc1.CCC(C)c1ccc(CCC2CCC(CS(=O)(=O)C(C)C)CC2)cc1.CCCc1ccc(CCC2CCC(CS(=O)(=O)C(C)C)CC2)cc1. The summed E-state index contributed by atoms with van der Waals surface area (Å²) in [5.74, 6) is 10.5. The fourth-order valence-corrected chi connectivity index (χ4v) is 31.4. The number of aryl methyl sites for hydroxylation is 7. The molecule has 0 amide bonds. The third kappa shape index (κ3) is 47.0. The normalized spacial score (nSPS) is 23.7. The fraction of sp³-hybridized carbons (Fsp3) is 0.719. The van der Waals surface area contributed by atoms with Crippen LogP contribution in [0.3, 0.4) is 0 Å². The van der Waals surface area contributed by atoms with Crippen LogP contribution < -0.4 is 4.90 Å². The molecule has 149 heavy (non-hydrogen) atoms. The molecule has 1 saturated heterocycles. The van der Waals surface area contributed by atoms with Gasteiger partial charge in [0.2, 0.25) is 0 Å². The maximum atomic E-state index is 12.2. The first-order valence-corrected chi connectivity index (χ1v) is 69.7. The second kappa shape index (κ2) is 63.0. The number of anilines is 1. The highest BCUT2D eigenvalue weighted by atomic mass is 35.5. The molecule has 6 aromatic rings. The fourth-order valence-electron chi connectivity index (χ4n) is 23.0. The Balaban J connectivity index is 0.000000218. The van der Waals surface area contributed by atoms with Gasteiger partial charge in [-0.05, 0) is 432 Å². The Morgan fingerprint density at radius 3 is 0.678 bits per heavy atom. The van der Waals surface area contributed by atoms with Gasteiger partial charge in [0.1, 0.15) is 0 Å². The molecule has 3 atom stereocenters. The van der Waals surface area contributed by atoms with Crippen LogP contribution in [0.2, 0.25) is 5.02 Å². The summed E-state index contributed by atoms with van der Waals surface area (Å²) in [4.78, 5) is 2.43. The molecule has 0 spiro atoms. The van der Waals surface area contributed by atoms with E-state index in [-0.39, 0.29) is 49.1 Å². The number of sulfone groups is 6. The molecule has 6 aliphatic carbocycles. The van der Waals surface area contributed by atoms with Crippen molar-refractivity contribution in [3.05, 3.63) is 206 Å². The first kappa shape index (κ1) is 129. The van der Waals surface area contributed by atoms with Crippen molar-refractivity contribution in [2.75, 3.05) is 52.5 Å². The van der Waals surface area contributed by atoms with E-state index in [4.69, 9.17) is 16.3 Å². The maximum Gasteiger partial charge on any atom is 0.152 e. The lowest BCUT2D eigenvalue weighted by atomic mass is 9.80. The molecule has 13 rings (SSSR count). The van der Waals surface area contributed by atoms with E-state index in [1.54, 1.807) is 83.1 Å². The van der Waals surface area contributed by atoms with Crippen LogP contribution in [0.15, 0.2) is 146 Å². The van der Waals surface area contributed by atoms with Gasteiger partial charge in [-0.15, -0.1) is 0 Å². The molecule has 844 valence electrons. The van der Waals surface area contributed by atoms with Crippen molar-refractivity contribution in [1.29, 1.82) is 0 Å². The van der Waals surface area contributed by atoms with E-state index in [0.29, 0.717) is 81.9 Å². The van der Waals surface area contributed by atoms with Gasteiger partial charge >= 0.3 is 0 Å². The van der Waals surface area contributed by atoms with Gasteiger partial charge in [-0.25, -0.2) is 50.5 Å². The van der Waals surface area contributed by atoms with Crippen LogP contribution in [0, 0.1) is 71.0 Å². The molecular formula is C128H206ClNO13S6. The van der Waals surface area contributed by atoms with E-state index in [1.165, 1.54) is 196 Å². The van der Waals surface area contributed by atoms with Gasteiger partial charge in [0.05, 0.1) is 78.2 Å². The monoisotopic (exact) mass is 2190 g/mol. The number of hydrogen-bond acceptors (Lipinski definition) is 14. The zero-order chi connectivity index (χ0) is 110. The zero-order valence-electron chi connectivity index (χ0n) is 96.9. The average molecular weight is 2190 g/mol. The number of ether oxygens (including phenoxy) is 1. The van der Waals surface area contributed by atoms with Crippen molar-refractivity contribution >= 4 is 76.3 Å². The van der Waals surface area contributed by atoms with Crippen molar-refractivity contribution in [2.24, 2.45) is 71.0 Å². The molecule has 1 unspecified atom stereocenters. The minimum atomic E-state index is -2.90. The lowest BCUT2D eigenvalue weighted by Crippen LogP contribution is -2.45. The summed E-state index contributed by atoms with van der Waals surface area (Å²) < 4.78 is 151. The minimum Gasteiger partial charge on any atom is -0.372 e. The van der Waals surface area contributed by atoms with Crippen LogP contribution in [0.25, 0.3) is 0 Å². The lowest BCUT2D eigenvalue weighted by molar-refractivity contribution is -0.00522. The van der Waals surface area contributed by atoms with Crippen LogP contribution in [-0.4, -0.2) is 142 Å². The van der Waals surface area contributed by atoms with Crippen molar-refractivity contribution in [2.45, 2.75) is 464 Å². The molecule has 6 aromatic carbocycles. The highest BCUT2D eigenvalue weighted by Crippen LogP contribution is 2.41. The van der Waals surface area contributed by atoms with Crippen LogP contribution >= 0.6 is 11.6 Å². The Kier molecular flexibility index (Phi) is 54.6.